The summed E-state index contributed by atoms with van der Waals surface area (Å²) in [7, 11) is 1.61. The minimum atomic E-state index is -0.448. The lowest BCUT2D eigenvalue weighted by Gasteiger charge is -2.12. The van der Waals surface area contributed by atoms with Gasteiger partial charge in [-0.25, -0.2) is 9.79 Å². The number of hydrogen-bond donors (Lipinski definition) is 0. The van der Waals surface area contributed by atoms with Crippen molar-refractivity contribution in [2.45, 2.75) is 0 Å². The first-order chi connectivity index (χ1) is 15.2. The van der Waals surface area contributed by atoms with Crippen LogP contribution >= 0.6 is 0 Å². The molecule has 0 saturated heterocycles. The van der Waals surface area contributed by atoms with Gasteiger partial charge in [0.05, 0.1) is 7.11 Å². The molecule has 0 radical (unpaired) electrons. The number of rotatable bonds is 3. The van der Waals surface area contributed by atoms with Crippen LogP contribution < -0.4 is 4.74 Å². The molecule has 5 aromatic rings. The molecule has 0 atom stereocenters. The lowest BCUT2D eigenvalue weighted by atomic mass is 9.92. The zero-order valence-corrected chi connectivity index (χ0v) is 16.8. The average molecular weight is 403 g/mol. The number of esters is 1. The van der Waals surface area contributed by atoms with Crippen molar-refractivity contribution in [1.29, 1.82) is 0 Å². The summed E-state index contributed by atoms with van der Waals surface area (Å²) in [6.45, 7) is 0. The largest absolute Gasteiger partial charge is 0.497 e. The maximum absolute atomic E-state index is 12.5. The van der Waals surface area contributed by atoms with Gasteiger partial charge in [-0.1, -0.05) is 54.6 Å². The molecule has 0 bridgehead atoms. The molecule has 5 aromatic carbocycles. The molecular weight excluding hydrogens is 386 g/mol. The van der Waals surface area contributed by atoms with Gasteiger partial charge >= 0.3 is 5.97 Å². The Kier molecular flexibility index (Phi) is 3.80. The molecule has 31 heavy (non-hydrogen) atoms. The average Bonchev–Trinajstić information content (AvgIpc) is 3.18. The standard InChI is InChI=1S/C27H17NO3/c1-30-21-12-9-19(10-13-21)26-28-23(27(29)31-26)15-20-8-7-18-6-5-16-3-2-4-17-11-14-22(20)25(18)24(16)17/h2-15H,1H3. The predicted octanol–water partition coefficient (Wildman–Crippen LogP) is 5.94. The van der Waals surface area contributed by atoms with Crippen molar-refractivity contribution in [2.75, 3.05) is 7.11 Å². The van der Waals surface area contributed by atoms with Crippen molar-refractivity contribution in [2.24, 2.45) is 4.99 Å². The fraction of sp³-hybridized carbons (Fsp3) is 0.0370. The molecule has 0 saturated carbocycles. The van der Waals surface area contributed by atoms with Gasteiger partial charge in [-0.2, -0.15) is 0 Å². The van der Waals surface area contributed by atoms with Crippen LogP contribution in [-0.4, -0.2) is 19.0 Å². The van der Waals surface area contributed by atoms with E-state index in [9.17, 15) is 4.79 Å². The molecular formula is C27H17NO3. The van der Waals surface area contributed by atoms with Gasteiger partial charge in [0.25, 0.3) is 0 Å². The molecule has 0 aromatic heterocycles. The Hall–Kier alpha value is -4.18. The summed E-state index contributed by atoms with van der Waals surface area (Å²) in [5.41, 5.74) is 1.96. The van der Waals surface area contributed by atoms with Gasteiger partial charge in [-0.3, -0.25) is 0 Å². The van der Waals surface area contributed by atoms with Gasteiger partial charge in [0.15, 0.2) is 5.70 Å². The highest BCUT2D eigenvalue weighted by atomic mass is 16.6. The number of carbonyl (C=O) groups excluding carboxylic acids is 1. The minimum absolute atomic E-state index is 0.292. The summed E-state index contributed by atoms with van der Waals surface area (Å²) < 4.78 is 10.6. The van der Waals surface area contributed by atoms with Gasteiger partial charge in [-0.05, 0) is 68.2 Å². The zero-order valence-electron chi connectivity index (χ0n) is 16.8. The lowest BCUT2D eigenvalue weighted by Crippen LogP contribution is -2.05. The Morgan fingerprint density at radius 1 is 0.806 bits per heavy atom. The quantitative estimate of drug-likeness (QED) is 0.213. The Labute approximate surface area is 178 Å². The molecule has 6 rings (SSSR count). The first-order valence-electron chi connectivity index (χ1n) is 10.0. The van der Waals surface area contributed by atoms with Gasteiger partial charge in [-0.15, -0.1) is 0 Å². The monoisotopic (exact) mass is 403 g/mol. The van der Waals surface area contributed by atoms with E-state index in [0.717, 1.165) is 22.3 Å². The van der Waals surface area contributed by atoms with Crippen LogP contribution in [0.4, 0.5) is 0 Å². The summed E-state index contributed by atoms with van der Waals surface area (Å²) in [6.07, 6.45) is 1.81. The van der Waals surface area contributed by atoms with Crippen LogP contribution in [0.25, 0.3) is 38.4 Å². The second kappa shape index (κ2) is 6.67. The van der Waals surface area contributed by atoms with Crippen molar-refractivity contribution in [3.8, 4) is 5.75 Å². The zero-order chi connectivity index (χ0) is 20.9. The molecule has 4 heteroatoms. The van der Waals surface area contributed by atoms with Crippen molar-refractivity contribution in [3.63, 3.8) is 0 Å². The van der Waals surface area contributed by atoms with Gasteiger partial charge in [0.2, 0.25) is 5.90 Å². The molecule has 1 heterocycles. The van der Waals surface area contributed by atoms with Gasteiger partial charge < -0.3 is 9.47 Å². The van der Waals surface area contributed by atoms with E-state index in [1.165, 1.54) is 26.9 Å². The highest BCUT2D eigenvalue weighted by Crippen LogP contribution is 2.36. The Balaban J connectivity index is 1.50. The Morgan fingerprint density at radius 2 is 1.48 bits per heavy atom. The normalized spacial score (nSPS) is 15.2. The smallest absolute Gasteiger partial charge is 0.363 e. The van der Waals surface area contributed by atoms with Gasteiger partial charge in [0.1, 0.15) is 5.75 Å². The second-order valence-corrected chi connectivity index (χ2v) is 7.58. The number of aliphatic imine (C=N–C) groups is 1. The number of hydrogen-bond acceptors (Lipinski definition) is 4. The summed E-state index contributed by atoms with van der Waals surface area (Å²) in [5, 5.41) is 7.14. The maximum atomic E-state index is 12.5. The lowest BCUT2D eigenvalue weighted by molar-refractivity contribution is -0.129. The third-order valence-corrected chi connectivity index (χ3v) is 5.81. The molecule has 0 fully saturated rings. The molecule has 0 aliphatic carbocycles. The molecule has 148 valence electrons. The number of benzene rings is 5. The van der Waals surface area contributed by atoms with Crippen LogP contribution in [0, 0.1) is 0 Å². The van der Waals surface area contributed by atoms with E-state index in [0.29, 0.717) is 11.6 Å². The van der Waals surface area contributed by atoms with Crippen LogP contribution in [0.1, 0.15) is 11.1 Å². The molecule has 1 aliphatic heterocycles. The fourth-order valence-corrected chi connectivity index (χ4v) is 4.30. The van der Waals surface area contributed by atoms with E-state index in [1.807, 2.05) is 36.4 Å². The predicted molar refractivity (Wildman–Crippen MR) is 124 cm³/mol. The second-order valence-electron chi connectivity index (χ2n) is 7.58. The molecule has 0 spiro atoms. The van der Waals surface area contributed by atoms with Crippen molar-refractivity contribution >= 4 is 50.3 Å². The van der Waals surface area contributed by atoms with Crippen molar-refractivity contribution < 1.29 is 14.3 Å². The van der Waals surface area contributed by atoms with E-state index in [-0.39, 0.29) is 0 Å². The number of methoxy groups -OCH3 is 1. The third-order valence-electron chi connectivity index (χ3n) is 5.81. The highest BCUT2D eigenvalue weighted by molar-refractivity contribution is 6.24. The number of cyclic esters (lactones) is 1. The van der Waals surface area contributed by atoms with E-state index >= 15 is 0 Å². The van der Waals surface area contributed by atoms with E-state index in [4.69, 9.17) is 9.47 Å². The summed E-state index contributed by atoms with van der Waals surface area (Å²) in [5.74, 6) is 0.589. The van der Waals surface area contributed by atoms with Gasteiger partial charge in [0, 0.05) is 5.56 Å². The number of ether oxygens (including phenoxy) is 2. The van der Waals surface area contributed by atoms with Crippen molar-refractivity contribution in [1.82, 2.24) is 0 Å². The Morgan fingerprint density at radius 3 is 2.23 bits per heavy atom. The number of nitrogens with zero attached hydrogens (tertiary/aromatic N) is 1. The topological polar surface area (TPSA) is 47.9 Å². The summed E-state index contributed by atoms with van der Waals surface area (Å²) in [4.78, 5) is 17.0. The molecule has 0 N–H and O–H groups in total. The van der Waals surface area contributed by atoms with Crippen molar-refractivity contribution in [3.05, 3.63) is 95.7 Å². The van der Waals surface area contributed by atoms with Crippen LogP contribution in [0.2, 0.25) is 0 Å². The first kappa shape index (κ1) is 17.7. The van der Waals surface area contributed by atoms with E-state index in [1.54, 1.807) is 7.11 Å². The van der Waals surface area contributed by atoms with E-state index in [2.05, 4.69) is 53.5 Å². The molecule has 1 aliphatic rings. The molecule has 4 nitrogen and oxygen atoms in total. The summed E-state index contributed by atoms with van der Waals surface area (Å²) in [6, 6.07) is 26.3. The molecule has 0 unspecified atom stereocenters. The van der Waals surface area contributed by atoms with Crippen LogP contribution in [0.5, 0.6) is 5.75 Å². The SMILES string of the molecule is COc1ccc(C2=NC(=Cc3ccc4ccc5cccc6ccc3c4c56)C(=O)O2)cc1. The fourth-order valence-electron chi connectivity index (χ4n) is 4.30. The summed E-state index contributed by atoms with van der Waals surface area (Å²) >= 11 is 0. The number of carbonyl (C=O) groups is 1. The first-order valence-corrected chi connectivity index (χ1v) is 10.0. The van der Waals surface area contributed by atoms with Crippen LogP contribution in [0.3, 0.4) is 0 Å². The van der Waals surface area contributed by atoms with Crippen LogP contribution in [-0.2, 0) is 9.53 Å². The third kappa shape index (κ3) is 2.76. The Bertz CT molecular complexity index is 1530. The minimum Gasteiger partial charge on any atom is -0.497 e. The van der Waals surface area contributed by atoms with Crippen LogP contribution in [0.15, 0.2) is 89.6 Å². The van der Waals surface area contributed by atoms with E-state index < -0.39 is 5.97 Å². The maximum Gasteiger partial charge on any atom is 0.363 e. The molecule has 0 amide bonds. The highest BCUT2D eigenvalue weighted by Gasteiger charge is 2.24.